The molecule has 2 N–H and O–H groups in total. The monoisotopic (exact) mass is 162 g/mol. The van der Waals surface area contributed by atoms with E-state index in [4.69, 9.17) is 0 Å². The van der Waals surface area contributed by atoms with Gasteiger partial charge < -0.3 is 10.6 Å². The molecule has 0 aliphatic carbocycles. The minimum Gasteiger partial charge on any atom is -0.315 e. The minimum atomic E-state index is 0. The van der Waals surface area contributed by atoms with Gasteiger partial charge in [0.25, 0.3) is 0 Å². The molecule has 0 aromatic carbocycles. The molecule has 2 aliphatic heterocycles. The molecule has 0 saturated carbocycles. The van der Waals surface area contributed by atoms with Crippen molar-refractivity contribution in [1.82, 2.24) is 10.6 Å². The van der Waals surface area contributed by atoms with Gasteiger partial charge in [-0.3, -0.25) is 0 Å². The summed E-state index contributed by atoms with van der Waals surface area (Å²) < 4.78 is 0. The quantitative estimate of drug-likeness (QED) is 0.543. The van der Waals surface area contributed by atoms with Crippen LogP contribution in [-0.2, 0) is 0 Å². The maximum Gasteiger partial charge on any atom is 0.0318 e. The lowest BCUT2D eigenvalue weighted by molar-refractivity contribution is 0.414. The standard InChI is InChI=1S/C7H14N2.ClH/c1-2-7(9-4-1)3-5-8-6-7;/h8-9H,1-6H2;1H. The molecular formula is C7H15ClN2. The van der Waals surface area contributed by atoms with Crippen LogP contribution in [0.5, 0.6) is 0 Å². The maximum atomic E-state index is 3.57. The fraction of sp³-hybridized carbons (Fsp3) is 1.00. The molecule has 10 heavy (non-hydrogen) atoms. The van der Waals surface area contributed by atoms with Crippen molar-refractivity contribution >= 4 is 12.4 Å². The summed E-state index contributed by atoms with van der Waals surface area (Å²) in [5, 5.41) is 6.96. The van der Waals surface area contributed by atoms with Crippen LogP contribution in [0, 0.1) is 0 Å². The molecule has 2 nitrogen and oxygen atoms in total. The van der Waals surface area contributed by atoms with E-state index in [9.17, 15) is 0 Å². The lowest BCUT2D eigenvalue weighted by Gasteiger charge is -2.21. The molecule has 2 rings (SSSR count). The summed E-state index contributed by atoms with van der Waals surface area (Å²) in [5.41, 5.74) is 0.528. The molecule has 3 heteroatoms. The topological polar surface area (TPSA) is 24.1 Å². The highest BCUT2D eigenvalue weighted by Gasteiger charge is 2.35. The second-order valence-corrected chi connectivity index (χ2v) is 3.24. The van der Waals surface area contributed by atoms with Gasteiger partial charge in [0.1, 0.15) is 0 Å². The summed E-state index contributed by atoms with van der Waals surface area (Å²) in [6.45, 7) is 3.65. The average Bonchev–Trinajstić information content (AvgIpc) is 2.45. The van der Waals surface area contributed by atoms with Crippen LogP contribution in [0.25, 0.3) is 0 Å². The number of hydrogen-bond donors (Lipinski definition) is 2. The van der Waals surface area contributed by atoms with Gasteiger partial charge in [0.05, 0.1) is 0 Å². The van der Waals surface area contributed by atoms with E-state index < -0.39 is 0 Å². The maximum absolute atomic E-state index is 3.57. The summed E-state index contributed by atoms with van der Waals surface area (Å²) in [4.78, 5) is 0. The molecule has 0 amide bonds. The molecule has 0 aromatic heterocycles. The van der Waals surface area contributed by atoms with Gasteiger partial charge in [0.2, 0.25) is 0 Å². The lowest BCUT2D eigenvalue weighted by Crippen LogP contribution is -2.41. The summed E-state index contributed by atoms with van der Waals surface area (Å²) in [7, 11) is 0. The largest absolute Gasteiger partial charge is 0.315 e. The minimum absolute atomic E-state index is 0. The van der Waals surface area contributed by atoms with Gasteiger partial charge in [-0.1, -0.05) is 0 Å². The number of halogens is 1. The lowest BCUT2D eigenvalue weighted by atomic mass is 9.97. The first-order chi connectivity index (χ1) is 4.41. The van der Waals surface area contributed by atoms with Gasteiger partial charge in [0, 0.05) is 12.1 Å². The molecule has 1 unspecified atom stereocenters. The van der Waals surface area contributed by atoms with Crippen molar-refractivity contribution in [2.45, 2.75) is 24.8 Å². The predicted octanol–water partition coefficient (Wildman–Crippen LogP) is 0.524. The van der Waals surface area contributed by atoms with Gasteiger partial charge in [-0.15, -0.1) is 12.4 Å². The fourth-order valence-electron chi connectivity index (χ4n) is 1.98. The zero-order valence-corrected chi connectivity index (χ0v) is 6.97. The molecule has 2 aliphatic rings. The average molecular weight is 163 g/mol. The molecule has 0 aromatic rings. The Balaban J connectivity index is 0.000000500. The predicted molar refractivity (Wildman–Crippen MR) is 44.7 cm³/mol. The first kappa shape index (κ1) is 8.31. The molecule has 1 spiro atoms. The zero-order chi connectivity index (χ0) is 6.16. The molecule has 0 radical (unpaired) electrons. The Kier molecular flexibility index (Phi) is 2.55. The third-order valence-corrected chi connectivity index (χ3v) is 2.58. The van der Waals surface area contributed by atoms with E-state index in [1.807, 2.05) is 0 Å². The van der Waals surface area contributed by atoms with E-state index in [0.717, 1.165) is 0 Å². The Labute approximate surface area is 68.2 Å². The van der Waals surface area contributed by atoms with Crippen molar-refractivity contribution in [3.8, 4) is 0 Å². The van der Waals surface area contributed by atoms with Gasteiger partial charge in [0.15, 0.2) is 0 Å². The first-order valence-corrected chi connectivity index (χ1v) is 3.87. The molecule has 0 bridgehead atoms. The van der Waals surface area contributed by atoms with E-state index in [0.29, 0.717) is 5.54 Å². The van der Waals surface area contributed by atoms with Gasteiger partial charge in [-0.05, 0) is 32.4 Å². The van der Waals surface area contributed by atoms with E-state index in [1.165, 1.54) is 38.9 Å². The van der Waals surface area contributed by atoms with Crippen molar-refractivity contribution in [3.05, 3.63) is 0 Å². The van der Waals surface area contributed by atoms with Crippen LogP contribution in [0.15, 0.2) is 0 Å². The normalized spacial score (nSPS) is 38.4. The summed E-state index contributed by atoms with van der Waals surface area (Å²) in [5.74, 6) is 0. The summed E-state index contributed by atoms with van der Waals surface area (Å²) >= 11 is 0. The number of hydrogen-bond acceptors (Lipinski definition) is 2. The molecule has 60 valence electrons. The summed E-state index contributed by atoms with van der Waals surface area (Å²) in [6.07, 6.45) is 4.11. The Bertz CT molecular complexity index is 86.7. The third-order valence-electron chi connectivity index (χ3n) is 2.58. The Morgan fingerprint density at radius 3 is 2.50 bits per heavy atom. The van der Waals surface area contributed by atoms with E-state index in [1.54, 1.807) is 0 Å². The summed E-state index contributed by atoms with van der Waals surface area (Å²) in [6, 6.07) is 0. The second kappa shape index (κ2) is 3.07. The van der Waals surface area contributed by atoms with Crippen LogP contribution in [0.3, 0.4) is 0 Å². The van der Waals surface area contributed by atoms with Crippen LogP contribution >= 0.6 is 12.4 Å². The Morgan fingerprint density at radius 2 is 2.00 bits per heavy atom. The molecular weight excluding hydrogens is 148 g/mol. The third kappa shape index (κ3) is 1.29. The molecule has 1 atom stereocenters. The van der Waals surface area contributed by atoms with Crippen LogP contribution < -0.4 is 10.6 Å². The highest BCUT2D eigenvalue weighted by atomic mass is 35.5. The van der Waals surface area contributed by atoms with E-state index >= 15 is 0 Å². The van der Waals surface area contributed by atoms with Crippen LogP contribution in [0.1, 0.15) is 19.3 Å². The van der Waals surface area contributed by atoms with Crippen molar-refractivity contribution < 1.29 is 0 Å². The number of nitrogens with one attached hydrogen (secondary N) is 2. The second-order valence-electron chi connectivity index (χ2n) is 3.24. The smallest absolute Gasteiger partial charge is 0.0318 e. The highest BCUT2D eigenvalue weighted by Crippen LogP contribution is 2.24. The van der Waals surface area contributed by atoms with Crippen LogP contribution in [-0.4, -0.2) is 25.2 Å². The van der Waals surface area contributed by atoms with E-state index in [2.05, 4.69) is 10.6 Å². The van der Waals surface area contributed by atoms with Crippen molar-refractivity contribution in [1.29, 1.82) is 0 Å². The zero-order valence-electron chi connectivity index (χ0n) is 6.15. The van der Waals surface area contributed by atoms with Crippen LogP contribution in [0.4, 0.5) is 0 Å². The molecule has 2 heterocycles. The number of rotatable bonds is 0. The van der Waals surface area contributed by atoms with Crippen molar-refractivity contribution in [2.24, 2.45) is 0 Å². The van der Waals surface area contributed by atoms with E-state index in [-0.39, 0.29) is 12.4 Å². The van der Waals surface area contributed by atoms with Crippen molar-refractivity contribution in [3.63, 3.8) is 0 Å². The molecule has 2 saturated heterocycles. The molecule has 2 fully saturated rings. The van der Waals surface area contributed by atoms with Crippen LogP contribution in [0.2, 0.25) is 0 Å². The highest BCUT2D eigenvalue weighted by molar-refractivity contribution is 5.85. The SMILES string of the molecule is C1CNC2(C1)CCNC2.Cl. The van der Waals surface area contributed by atoms with Gasteiger partial charge >= 0.3 is 0 Å². The Morgan fingerprint density at radius 1 is 1.10 bits per heavy atom. The first-order valence-electron chi connectivity index (χ1n) is 3.87. The fourth-order valence-corrected chi connectivity index (χ4v) is 1.98. The van der Waals surface area contributed by atoms with Gasteiger partial charge in [-0.2, -0.15) is 0 Å². The van der Waals surface area contributed by atoms with Crippen molar-refractivity contribution in [2.75, 3.05) is 19.6 Å². The Hall–Kier alpha value is 0.210. The van der Waals surface area contributed by atoms with Gasteiger partial charge in [-0.25, -0.2) is 0 Å².